The molecule has 2 aliphatic rings. The van der Waals surface area contributed by atoms with Crippen LogP contribution in [0.1, 0.15) is 12.8 Å². The molecule has 1 fully saturated rings. The van der Waals surface area contributed by atoms with Crippen LogP contribution in [-0.2, 0) is 9.59 Å². The number of halogens is 1. The molecule has 29 heavy (non-hydrogen) atoms. The standard InChI is InChI=1S/C21H21ClN2O4S/c1-29-15-5-3-14(4-6-15)24-12-13(9-20(24)25)21(26)23-17-11-19-18(10-16(17)22)27-7-2-8-28-19/h3-6,10-11,13H,2,7-9,12H2,1H3,(H,23,26)/t13-/m1/s1. The van der Waals surface area contributed by atoms with Gasteiger partial charge in [-0.2, -0.15) is 0 Å². The smallest absolute Gasteiger partial charge is 0.229 e. The first-order valence-corrected chi connectivity index (χ1v) is 11.0. The average Bonchev–Trinajstić information content (AvgIpc) is 2.97. The fraction of sp³-hybridized carbons (Fsp3) is 0.333. The van der Waals surface area contributed by atoms with E-state index in [-0.39, 0.29) is 18.2 Å². The quantitative estimate of drug-likeness (QED) is 0.733. The Morgan fingerprint density at radius 2 is 1.86 bits per heavy atom. The van der Waals surface area contributed by atoms with E-state index in [1.54, 1.807) is 28.8 Å². The Labute approximate surface area is 178 Å². The van der Waals surface area contributed by atoms with Crippen LogP contribution in [0, 0.1) is 5.92 Å². The molecule has 2 aromatic carbocycles. The summed E-state index contributed by atoms with van der Waals surface area (Å²) >= 11 is 7.96. The molecule has 2 heterocycles. The second kappa shape index (κ2) is 8.55. The molecule has 1 atom stereocenters. The van der Waals surface area contributed by atoms with Gasteiger partial charge in [-0.05, 0) is 30.5 Å². The molecule has 152 valence electrons. The minimum absolute atomic E-state index is 0.0631. The minimum atomic E-state index is -0.449. The molecule has 0 aliphatic carbocycles. The van der Waals surface area contributed by atoms with Crippen molar-refractivity contribution in [1.29, 1.82) is 0 Å². The lowest BCUT2D eigenvalue weighted by atomic mass is 10.1. The van der Waals surface area contributed by atoms with E-state index in [1.165, 1.54) is 0 Å². The summed E-state index contributed by atoms with van der Waals surface area (Å²) < 4.78 is 11.3. The van der Waals surface area contributed by atoms with Crippen LogP contribution in [0.25, 0.3) is 0 Å². The predicted molar refractivity (Wildman–Crippen MR) is 114 cm³/mol. The van der Waals surface area contributed by atoms with Crippen LogP contribution in [0.15, 0.2) is 41.3 Å². The number of ether oxygens (including phenoxy) is 2. The maximum absolute atomic E-state index is 12.8. The first-order chi connectivity index (χ1) is 14.0. The third-order valence-corrected chi connectivity index (χ3v) is 6.03. The van der Waals surface area contributed by atoms with Crippen molar-refractivity contribution >= 4 is 46.6 Å². The SMILES string of the molecule is CSc1ccc(N2C[C@H](C(=O)Nc3cc4c(cc3Cl)OCCCO4)CC2=O)cc1. The monoisotopic (exact) mass is 432 g/mol. The Morgan fingerprint density at radius 3 is 2.55 bits per heavy atom. The lowest BCUT2D eigenvalue weighted by molar-refractivity contribution is -0.122. The summed E-state index contributed by atoms with van der Waals surface area (Å²) in [5, 5.41) is 3.22. The zero-order valence-corrected chi connectivity index (χ0v) is 17.5. The second-order valence-corrected chi connectivity index (χ2v) is 8.21. The maximum Gasteiger partial charge on any atom is 0.229 e. The zero-order valence-electron chi connectivity index (χ0n) is 15.9. The Morgan fingerprint density at radius 1 is 1.17 bits per heavy atom. The number of carbonyl (C=O) groups is 2. The number of hydrogen-bond donors (Lipinski definition) is 1. The highest BCUT2D eigenvalue weighted by Crippen LogP contribution is 2.38. The van der Waals surface area contributed by atoms with Gasteiger partial charge in [0.25, 0.3) is 0 Å². The number of rotatable bonds is 4. The fourth-order valence-electron chi connectivity index (χ4n) is 3.41. The van der Waals surface area contributed by atoms with Gasteiger partial charge in [-0.15, -0.1) is 11.8 Å². The Balaban J connectivity index is 1.46. The largest absolute Gasteiger partial charge is 0.490 e. The van der Waals surface area contributed by atoms with Crippen molar-refractivity contribution in [1.82, 2.24) is 0 Å². The van der Waals surface area contributed by atoms with E-state index < -0.39 is 5.92 Å². The molecule has 0 saturated carbocycles. The van der Waals surface area contributed by atoms with Gasteiger partial charge in [0.15, 0.2) is 11.5 Å². The first kappa shape index (κ1) is 19.9. The number of fused-ring (bicyclic) bond motifs is 1. The van der Waals surface area contributed by atoms with Crippen LogP contribution >= 0.6 is 23.4 Å². The molecular weight excluding hydrogens is 412 g/mol. The molecule has 8 heteroatoms. The van der Waals surface area contributed by atoms with Crippen molar-refractivity contribution in [3.05, 3.63) is 41.4 Å². The minimum Gasteiger partial charge on any atom is -0.490 e. The number of carbonyl (C=O) groups excluding carboxylic acids is 2. The second-order valence-electron chi connectivity index (χ2n) is 6.92. The molecule has 1 saturated heterocycles. The van der Waals surface area contributed by atoms with Crippen LogP contribution in [0.3, 0.4) is 0 Å². The Bertz CT molecular complexity index is 935. The highest BCUT2D eigenvalue weighted by atomic mass is 35.5. The van der Waals surface area contributed by atoms with E-state index in [0.29, 0.717) is 42.0 Å². The molecule has 4 rings (SSSR count). The molecule has 0 bridgehead atoms. The number of nitrogens with one attached hydrogen (secondary N) is 1. The van der Waals surface area contributed by atoms with Gasteiger partial charge in [-0.25, -0.2) is 0 Å². The van der Waals surface area contributed by atoms with Gasteiger partial charge in [-0.1, -0.05) is 11.6 Å². The van der Waals surface area contributed by atoms with Crippen LogP contribution in [0.2, 0.25) is 5.02 Å². The molecule has 0 radical (unpaired) electrons. The number of amides is 2. The van der Waals surface area contributed by atoms with Gasteiger partial charge >= 0.3 is 0 Å². The topological polar surface area (TPSA) is 67.9 Å². The van der Waals surface area contributed by atoms with Gasteiger partial charge < -0.3 is 19.7 Å². The molecule has 1 N–H and O–H groups in total. The van der Waals surface area contributed by atoms with E-state index in [1.807, 2.05) is 30.5 Å². The highest BCUT2D eigenvalue weighted by molar-refractivity contribution is 7.98. The van der Waals surface area contributed by atoms with Crippen molar-refractivity contribution in [2.45, 2.75) is 17.7 Å². The molecule has 0 aromatic heterocycles. The molecule has 0 unspecified atom stereocenters. The first-order valence-electron chi connectivity index (χ1n) is 9.39. The number of benzene rings is 2. The van der Waals surface area contributed by atoms with E-state index in [4.69, 9.17) is 21.1 Å². The Hall–Kier alpha value is -2.38. The van der Waals surface area contributed by atoms with Crippen molar-refractivity contribution in [3.63, 3.8) is 0 Å². The third-order valence-electron chi connectivity index (χ3n) is 4.97. The van der Waals surface area contributed by atoms with Crippen LogP contribution in [0.5, 0.6) is 11.5 Å². The van der Waals surface area contributed by atoms with Crippen molar-refractivity contribution in [3.8, 4) is 11.5 Å². The van der Waals surface area contributed by atoms with Gasteiger partial charge in [0.05, 0.1) is 29.8 Å². The van der Waals surface area contributed by atoms with Gasteiger partial charge in [0.2, 0.25) is 11.8 Å². The molecule has 2 aromatic rings. The number of thioether (sulfide) groups is 1. The average molecular weight is 433 g/mol. The lowest BCUT2D eigenvalue weighted by Gasteiger charge is -2.17. The summed E-state index contributed by atoms with van der Waals surface area (Å²) in [6, 6.07) is 11.1. The maximum atomic E-state index is 12.8. The van der Waals surface area contributed by atoms with Crippen molar-refractivity contribution in [2.75, 3.05) is 36.2 Å². The Kier molecular flexibility index (Phi) is 5.87. The summed E-state index contributed by atoms with van der Waals surface area (Å²) in [5.74, 6) is 0.376. The summed E-state index contributed by atoms with van der Waals surface area (Å²) in [7, 11) is 0. The summed E-state index contributed by atoms with van der Waals surface area (Å²) in [6.45, 7) is 1.45. The van der Waals surface area contributed by atoms with Crippen LogP contribution in [0.4, 0.5) is 11.4 Å². The number of hydrogen-bond acceptors (Lipinski definition) is 5. The molecule has 2 amide bonds. The summed E-state index contributed by atoms with van der Waals surface area (Å²) in [6.07, 6.45) is 2.95. The normalized spacial score (nSPS) is 18.5. The van der Waals surface area contributed by atoms with E-state index in [9.17, 15) is 9.59 Å². The van der Waals surface area contributed by atoms with Crippen molar-refractivity contribution in [2.24, 2.45) is 5.92 Å². The fourth-order valence-corrected chi connectivity index (χ4v) is 4.02. The highest BCUT2D eigenvalue weighted by Gasteiger charge is 2.35. The predicted octanol–water partition coefficient (Wildman–Crippen LogP) is 4.21. The summed E-state index contributed by atoms with van der Waals surface area (Å²) in [4.78, 5) is 28.1. The van der Waals surface area contributed by atoms with E-state index in [0.717, 1.165) is 17.0 Å². The van der Waals surface area contributed by atoms with Crippen LogP contribution < -0.4 is 19.7 Å². The number of anilines is 2. The van der Waals surface area contributed by atoms with Gasteiger partial charge in [-0.3, -0.25) is 9.59 Å². The third kappa shape index (κ3) is 4.31. The van der Waals surface area contributed by atoms with Crippen LogP contribution in [-0.4, -0.2) is 37.8 Å². The zero-order chi connectivity index (χ0) is 20.4. The van der Waals surface area contributed by atoms with E-state index in [2.05, 4.69) is 5.32 Å². The van der Waals surface area contributed by atoms with Crippen molar-refractivity contribution < 1.29 is 19.1 Å². The molecule has 0 spiro atoms. The molecular formula is C21H21ClN2O4S. The van der Waals surface area contributed by atoms with Gasteiger partial charge in [0, 0.05) is 42.1 Å². The number of nitrogens with zero attached hydrogens (tertiary/aromatic N) is 1. The lowest BCUT2D eigenvalue weighted by Crippen LogP contribution is -2.28. The molecule has 2 aliphatic heterocycles. The van der Waals surface area contributed by atoms with E-state index >= 15 is 0 Å². The van der Waals surface area contributed by atoms with Gasteiger partial charge in [0.1, 0.15) is 0 Å². The molecule has 6 nitrogen and oxygen atoms in total. The summed E-state index contributed by atoms with van der Waals surface area (Å²) in [5.41, 5.74) is 1.26.